The number of benzene rings is 1. The smallest absolute Gasteiger partial charge is 0.262 e. The number of thiophene rings is 1. The number of amides is 1. The van der Waals surface area contributed by atoms with Crippen LogP contribution in [0.25, 0.3) is 10.2 Å². The van der Waals surface area contributed by atoms with Crippen LogP contribution < -0.4 is 10.1 Å². The van der Waals surface area contributed by atoms with Crippen molar-refractivity contribution in [3.63, 3.8) is 0 Å². The van der Waals surface area contributed by atoms with Crippen LogP contribution in [0.2, 0.25) is 0 Å². The zero-order valence-electron chi connectivity index (χ0n) is 13.9. The molecule has 0 aliphatic heterocycles. The van der Waals surface area contributed by atoms with Gasteiger partial charge in [-0.05, 0) is 81.3 Å². The van der Waals surface area contributed by atoms with Gasteiger partial charge in [0.1, 0.15) is 11.2 Å². The Morgan fingerprint density at radius 1 is 1.27 bits per heavy atom. The summed E-state index contributed by atoms with van der Waals surface area (Å²) in [6.07, 6.45) is 4.76. The van der Waals surface area contributed by atoms with Crippen molar-refractivity contribution in [1.82, 2.24) is 9.97 Å². The van der Waals surface area contributed by atoms with Crippen molar-refractivity contribution in [1.29, 1.82) is 0 Å². The van der Waals surface area contributed by atoms with Crippen LogP contribution in [0, 0.1) is 6.92 Å². The monoisotopic (exact) mass is 495 g/mol. The van der Waals surface area contributed by atoms with Gasteiger partial charge in [0.2, 0.25) is 5.88 Å². The van der Waals surface area contributed by atoms with Gasteiger partial charge < -0.3 is 10.1 Å². The fourth-order valence-corrected chi connectivity index (χ4v) is 5.97. The number of carbonyl (C=O) groups excluding carboxylic acids is 1. The molecule has 0 saturated carbocycles. The summed E-state index contributed by atoms with van der Waals surface area (Å²) >= 11 is 8.66. The zero-order chi connectivity index (χ0) is 18.3. The topological polar surface area (TPSA) is 64.1 Å². The molecule has 0 unspecified atom stereocenters. The molecule has 3 aromatic rings. The van der Waals surface area contributed by atoms with Gasteiger partial charge in [-0.15, -0.1) is 11.3 Å². The average Bonchev–Trinajstić information content (AvgIpc) is 3.17. The number of fused-ring (bicyclic) bond motifs is 3. The third kappa shape index (κ3) is 3.37. The average molecular weight is 497 g/mol. The predicted molar refractivity (Wildman–Crippen MR) is 110 cm³/mol. The predicted octanol–water partition coefficient (Wildman–Crippen LogP) is 5.03. The third-order valence-corrected chi connectivity index (χ3v) is 6.71. The van der Waals surface area contributed by atoms with E-state index in [2.05, 4.69) is 47.1 Å². The summed E-state index contributed by atoms with van der Waals surface area (Å²) in [5, 5.41) is 3.84. The van der Waals surface area contributed by atoms with Crippen LogP contribution in [0.3, 0.4) is 0 Å². The highest BCUT2D eigenvalue weighted by atomic mass is 79.9. The molecule has 1 aliphatic rings. The number of halogens is 2. The number of hydrogen-bond donors (Lipinski definition) is 1. The van der Waals surface area contributed by atoms with E-state index in [-0.39, 0.29) is 12.5 Å². The molecule has 5 nitrogen and oxygen atoms in total. The number of anilines is 1. The van der Waals surface area contributed by atoms with E-state index >= 15 is 0 Å². The van der Waals surface area contributed by atoms with Crippen LogP contribution in [0.15, 0.2) is 27.4 Å². The van der Waals surface area contributed by atoms with E-state index in [4.69, 9.17) is 4.74 Å². The van der Waals surface area contributed by atoms with Crippen LogP contribution in [0.4, 0.5) is 5.69 Å². The second kappa shape index (κ2) is 7.25. The number of nitrogens with one attached hydrogen (secondary N) is 1. The standard InChI is InChI=1S/C18H15Br2N3O2S/c1-9-5-11(19)16(12(20)6-9)23-14(24)7-25-17-15-10-3-2-4-13(10)26-18(15)22-8-21-17/h5-6,8H,2-4,7H2,1H3,(H,23,24). The van der Waals surface area contributed by atoms with E-state index in [1.807, 2.05) is 19.1 Å². The fourth-order valence-electron chi connectivity index (χ4n) is 3.14. The van der Waals surface area contributed by atoms with Crippen LogP contribution >= 0.6 is 43.2 Å². The first-order chi connectivity index (χ1) is 12.5. The quantitative estimate of drug-likeness (QED) is 0.550. The molecule has 4 rings (SSSR count). The maximum Gasteiger partial charge on any atom is 0.262 e. The Labute approximate surface area is 171 Å². The fraction of sp³-hybridized carbons (Fsp3) is 0.278. The van der Waals surface area contributed by atoms with Gasteiger partial charge in [0.25, 0.3) is 5.91 Å². The molecule has 2 aromatic heterocycles. The molecule has 1 amide bonds. The highest BCUT2D eigenvalue weighted by molar-refractivity contribution is 9.11. The lowest BCUT2D eigenvalue weighted by atomic mass is 10.2. The molecule has 0 spiro atoms. The molecule has 0 bridgehead atoms. The molecule has 1 aromatic carbocycles. The Kier molecular flexibility index (Phi) is 4.98. The summed E-state index contributed by atoms with van der Waals surface area (Å²) in [5.74, 6) is 0.250. The van der Waals surface area contributed by atoms with E-state index in [0.29, 0.717) is 11.6 Å². The Morgan fingerprint density at radius 3 is 2.81 bits per heavy atom. The minimum Gasteiger partial charge on any atom is -0.467 e. The summed E-state index contributed by atoms with van der Waals surface area (Å²) in [6.45, 7) is 1.88. The summed E-state index contributed by atoms with van der Waals surface area (Å²) in [5.41, 5.74) is 3.06. The number of aryl methyl sites for hydroxylation is 3. The van der Waals surface area contributed by atoms with Gasteiger partial charge in [-0.25, -0.2) is 9.97 Å². The molecule has 26 heavy (non-hydrogen) atoms. The first kappa shape index (κ1) is 17.9. The normalized spacial score (nSPS) is 13.0. The van der Waals surface area contributed by atoms with Gasteiger partial charge in [0, 0.05) is 13.8 Å². The molecule has 0 atom stereocenters. The van der Waals surface area contributed by atoms with Crippen molar-refractivity contribution in [2.75, 3.05) is 11.9 Å². The van der Waals surface area contributed by atoms with Crippen LogP contribution in [0.1, 0.15) is 22.4 Å². The van der Waals surface area contributed by atoms with Gasteiger partial charge in [0.05, 0.1) is 11.1 Å². The Balaban J connectivity index is 1.51. The molecule has 1 aliphatic carbocycles. The second-order valence-corrected chi connectivity index (χ2v) is 8.95. The van der Waals surface area contributed by atoms with Crippen molar-refractivity contribution in [3.8, 4) is 5.88 Å². The Bertz CT molecular complexity index is 996. The third-order valence-electron chi connectivity index (χ3n) is 4.26. The van der Waals surface area contributed by atoms with Crippen molar-refractivity contribution in [3.05, 3.63) is 43.4 Å². The molecule has 1 N–H and O–H groups in total. The molecule has 134 valence electrons. The highest BCUT2D eigenvalue weighted by Gasteiger charge is 2.22. The molecule has 0 radical (unpaired) electrons. The van der Waals surface area contributed by atoms with Gasteiger partial charge in [-0.3, -0.25) is 4.79 Å². The van der Waals surface area contributed by atoms with E-state index < -0.39 is 0 Å². The molecule has 0 saturated heterocycles. The van der Waals surface area contributed by atoms with Crippen molar-refractivity contribution in [2.45, 2.75) is 26.2 Å². The van der Waals surface area contributed by atoms with Gasteiger partial charge in [0.15, 0.2) is 6.61 Å². The lowest BCUT2D eigenvalue weighted by Crippen LogP contribution is -2.21. The molecule has 2 heterocycles. The SMILES string of the molecule is Cc1cc(Br)c(NC(=O)COc2ncnc3sc4c(c23)CCC4)c(Br)c1. The summed E-state index contributed by atoms with van der Waals surface area (Å²) < 4.78 is 7.39. The van der Waals surface area contributed by atoms with Gasteiger partial charge in [-0.2, -0.15) is 0 Å². The molecular weight excluding hydrogens is 482 g/mol. The van der Waals surface area contributed by atoms with Crippen molar-refractivity contribution >= 4 is 65.0 Å². The second-order valence-electron chi connectivity index (χ2n) is 6.16. The van der Waals surface area contributed by atoms with Gasteiger partial charge in [-0.1, -0.05) is 0 Å². The van der Waals surface area contributed by atoms with Crippen LogP contribution in [-0.2, 0) is 17.6 Å². The number of nitrogens with zero attached hydrogens (tertiary/aromatic N) is 2. The maximum atomic E-state index is 12.4. The van der Waals surface area contributed by atoms with E-state index in [9.17, 15) is 4.79 Å². The number of aromatic nitrogens is 2. The lowest BCUT2D eigenvalue weighted by Gasteiger charge is -2.11. The first-order valence-corrected chi connectivity index (χ1v) is 10.6. The van der Waals surface area contributed by atoms with E-state index in [1.54, 1.807) is 11.3 Å². The number of rotatable bonds is 4. The minimum atomic E-state index is -0.242. The maximum absolute atomic E-state index is 12.4. The number of hydrogen-bond acceptors (Lipinski definition) is 5. The Hall–Kier alpha value is -1.51. The molecule has 0 fully saturated rings. The lowest BCUT2D eigenvalue weighted by molar-refractivity contribution is -0.118. The summed E-state index contributed by atoms with van der Waals surface area (Å²) in [6, 6.07) is 3.90. The van der Waals surface area contributed by atoms with Crippen molar-refractivity contribution in [2.24, 2.45) is 0 Å². The molecular formula is C18H15Br2N3O2S. The van der Waals surface area contributed by atoms with Crippen LogP contribution in [0.5, 0.6) is 5.88 Å². The zero-order valence-corrected chi connectivity index (χ0v) is 17.9. The summed E-state index contributed by atoms with van der Waals surface area (Å²) in [4.78, 5) is 23.3. The van der Waals surface area contributed by atoms with Crippen molar-refractivity contribution < 1.29 is 9.53 Å². The summed E-state index contributed by atoms with van der Waals surface area (Å²) in [7, 11) is 0. The Morgan fingerprint density at radius 2 is 2.04 bits per heavy atom. The van der Waals surface area contributed by atoms with E-state index in [0.717, 1.165) is 44.0 Å². The van der Waals surface area contributed by atoms with Crippen LogP contribution in [-0.4, -0.2) is 22.5 Å². The molecule has 8 heteroatoms. The number of ether oxygens (including phenoxy) is 1. The van der Waals surface area contributed by atoms with Gasteiger partial charge >= 0.3 is 0 Å². The van der Waals surface area contributed by atoms with E-state index in [1.165, 1.54) is 16.8 Å². The highest BCUT2D eigenvalue weighted by Crippen LogP contribution is 2.39. The largest absolute Gasteiger partial charge is 0.467 e. The minimum absolute atomic E-state index is 0.108. The first-order valence-electron chi connectivity index (χ1n) is 8.16. The number of carbonyl (C=O) groups is 1.